The maximum absolute atomic E-state index is 3.56. The molecule has 1 aromatic rings. The van der Waals surface area contributed by atoms with Gasteiger partial charge in [0.2, 0.25) is 0 Å². The Balaban J connectivity index is 2.04. The van der Waals surface area contributed by atoms with E-state index >= 15 is 0 Å². The summed E-state index contributed by atoms with van der Waals surface area (Å²) >= 11 is 0. The lowest BCUT2D eigenvalue weighted by Crippen LogP contribution is -2.12. The van der Waals surface area contributed by atoms with Crippen LogP contribution in [0.25, 0.3) is 0 Å². The van der Waals surface area contributed by atoms with Gasteiger partial charge in [-0.25, -0.2) is 0 Å². The summed E-state index contributed by atoms with van der Waals surface area (Å²) < 4.78 is 0. The van der Waals surface area contributed by atoms with Gasteiger partial charge in [0.1, 0.15) is 0 Å². The highest BCUT2D eigenvalue weighted by Gasteiger charge is 2.36. The van der Waals surface area contributed by atoms with E-state index in [1.165, 1.54) is 29.7 Å². The first kappa shape index (κ1) is 9.57. The highest BCUT2D eigenvalue weighted by atomic mass is 14.9. The van der Waals surface area contributed by atoms with Gasteiger partial charge < -0.3 is 5.32 Å². The van der Waals surface area contributed by atoms with Crippen molar-refractivity contribution < 1.29 is 0 Å². The molecule has 1 fully saturated rings. The molecule has 1 aliphatic carbocycles. The second-order valence-electron chi connectivity index (χ2n) is 4.98. The molecule has 1 heteroatoms. The van der Waals surface area contributed by atoms with Crippen LogP contribution in [0.2, 0.25) is 0 Å². The molecule has 14 heavy (non-hydrogen) atoms. The first-order chi connectivity index (χ1) is 6.59. The lowest BCUT2D eigenvalue weighted by molar-refractivity contribution is 0.610. The lowest BCUT2D eigenvalue weighted by Gasteiger charge is -2.14. The van der Waals surface area contributed by atoms with Gasteiger partial charge in [-0.2, -0.15) is 0 Å². The number of hydrogen-bond acceptors (Lipinski definition) is 1. The van der Waals surface area contributed by atoms with Gasteiger partial charge >= 0.3 is 0 Å². The van der Waals surface area contributed by atoms with Crippen LogP contribution in [0, 0.1) is 19.3 Å². The quantitative estimate of drug-likeness (QED) is 0.767. The number of hydrogen-bond donors (Lipinski definition) is 1. The van der Waals surface area contributed by atoms with Gasteiger partial charge in [-0.15, -0.1) is 0 Å². The van der Waals surface area contributed by atoms with Gasteiger partial charge in [-0.1, -0.05) is 19.1 Å². The van der Waals surface area contributed by atoms with E-state index in [1.807, 2.05) is 0 Å². The summed E-state index contributed by atoms with van der Waals surface area (Å²) in [5, 5.41) is 3.56. The molecule has 0 heterocycles. The van der Waals surface area contributed by atoms with E-state index in [1.54, 1.807) is 0 Å². The predicted octanol–water partition coefficient (Wildman–Crippen LogP) is 3.52. The lowest BCUT2D eigenvalue weighted by atomic mass is 10.1. The molecule has 0 saturated heterocycles. The van der Waals surface area contributed by atoms with Crippen molar-refractivity contribution in [1.29, 1.82) is 0 Å². The highest BCUT2D eigenvalue weighted by Crippen LogP contribution is 2.44. The van der Waals surface area contributed by atoms with Gasteiger partial charge in [-0.3, -0.25) is 0 Å². The normalized spacial score (nSPS) is 17.9. The smallest absolute Gasteiger partial charge is 0.0372 e. The third kappa shape index (κ3) is 2.09. The Morgan fingerprint density at radius 1 is 1.29 bits per heavy atom. The molecule has 1 nitrogen and oxygen atoms in total. The molecule has 0 atom stereocenters. The molecule has 0 aromatic heterocycles. The van der Waals surface area contributed by atoms with Crippen LogP contribution < -0.4 is 5.32 Å². The Bertz CT molecular complexity index is 337. The second-order valence-corrected chi connectivity index (χ2v) is 4.98. The molecular weight excluding hydrogens is 170 g/mol. The van der Waals surface area contributed by atoms with Gasteiger partial charge in [0.15, 0.2) is 0 Å². The minimum Gasteiger partial charge on any atom is -0.384 e. The molecule has 0 unspecified atom stereocenters. The molecule has 1 aromatic carbocycles. The van der Waals surface area contributed by atoms with E-state index in [-0.39, 0.29) is 0 Å². The van der Waals surface area contributed by atoms with Gasteiger partial charge in [0, 0.05) is 12.2 Å². The third-order valence-electron chi connectivity index (χ3n) is 3.20. The Morgan fingerprint density at radius 2 is 2.00 bits per heavy atom. The SMILES string of the molecule is Cc1ccc(C)c(NCC2(C)CC2)c1. The fourth-order valence-electron chi connectivity index (χ4n) is 1.63. The van der Waals surface area contributed by atoms with E-state index in [2.05, 4.69) is 44.3 Å². The third-order valence-corrected chi connectivity index (χ3v) is 3.20. The molecule has 0 amide bonds. The fourth-order valence-corrected chi connectivity index (χ4v) is 1.63. The summed E-state index contributed by atoms with van der Waals surface area (Å²) in [7, 11) is 0. The van der Waals surface area contributed by atoms with Crippen molar-refractivity contribution in [3.63, 3.8) is 0 Å². The zero-order valence-corrected chi connectivity index (χ0v) is 9.35. The van der Waals surface area contributed by atoms with Gasteiger partial charge in [-0.05, 0) is 49.3 Å². The van der Waals surface area contributed by atoms with Crippen LogP contribution in [0.15, 0.2) is 18.2 Å². The first-order valence-electron chi connectivity index (χ1n) is 5.40. The fraction of sp³-hybridized carbons (Fsp3) is 0.538. The van der Waals surface area contributed by atoms with E-state index < -0.39 is 0 Å². The molecule has 1 N–H and O–H groups in total. The molecule has 1 aliphatic rings. The van der Waals surface area contributed by atoms with Crippen molar-refractivity contribution >= 4 is 5.69 Å². The summed E-state index contributed by atoms with van der Waals surface area (Å²) in [5.74, 6) is 0. The van der Waals surface area contributed by atoms with Crippen LogP contribution in [-0.4, -0.2) is 6.54 Å². The van der Waals surface area contributed by atoms with Crippen LogP contribution in [0.4, 0.5) is 5.69 Å². The van der Waals surface area contributed by atoms with E-state index in [4.69, 9.17) is 0 Å². The number of nitrogens with one attached hydrogen (secondary N) is 1. The number of anilines is 1. The summed E-state index contributed by atoms with van der Waals surface area (Å²) in [6, 6.07) is 6.59. The van der Waals surface area contributed by atoms with Crippen LogP contribution in [0.5, 0.6) is 0 Å². The average Bonchev–Trinajstić information content (AvgIpc) is 2.87. The minimum atomic E-state index is 0.580. The Morgan fingerprint density at radius 3 is 2.64 bits per heavy atom. The largest absolute Gasteiger partial charge is 0.384 e. The maximum Gasteiger partial charge on any atom is 0.0372 e. The van der Waals surface area contributed by atoms with Crippen molar-refractivity contribution in [3.8, 4) is 0 Å². The van der Waals surface area contributed by atoms with E-state index in [0.29, 0.717) is 5.41 Å². The standard InChI is InChI=1S/C13H19N/c1-10-4-5-11(2)12(8-10)14-9-13(3)6-7-13/h4-5,8,14H,6-7,9H2,1-3H3. The van der Waals surface area contributed by atoms with Crippen molar-refractivity contribution in [2.45, 2.75) is 33.6 Å². The first-order valence-corrected chi connectivity index (χ1v) is 5.40. The zero-order chi connectivity index (χ0) is 10.2. The van der Waals surface area contributed by atoms with Crippen molar-refractivity contribution in [2.24, 2.45) is 5.41 Å². The molecule has 0 spiro atoms. The van der Waals surface area contributed by atoms with Crippen molar-refractivity contribution in [1.82, 2.24) is 0 Å². The predicted molar refractivity (Wildman–Crippen MR) is 61.7 cm³/mol. The Hall–Kier alpha value is -0.980. The topological polar surface area (TPSA) is 12.0 Å². The number of benzene rings is 1. The molecule has 0 radical (unpaired) electrons. The van der Waals surface area contributed by atoms with E-state index in [9.17, 15) is 0 Å². The Labute approximate surface area is 86.5 Å². The zero-order valence-electron chi connectivity index (χ0n) is 9.35. The molecule has 2 rings (SSSR count). The summed E-state index contributed by atoms with van der Waals surface area (Å²) in [6.45, 7) is 7.78. The van der Waals surface area contributed by atoms with Gasteiger partial charge in [0.25, 0.3) is 0 Å². The maximum atomic E-state index is 3.56. The molecule has 1 saturated carbocycles. The monoisotopic (exact) mass is 189 g/mol. The molecular formula is C13H19N. The molecule has 76 valence electrons. The van der Waals surface area contributed by atoms with E-state index in [0.717, 1.165) is 6.54 Å². The summed E-state index contributed by atoms with van der Waals surface area (Å²) in [5.41, 5.74) is 4.56. The van der Waals surface area contributed by atoms with Crippen LogP contribution >= 0.6 is 0 Å². The molecule has 0 aliphatic heterocycles. The Kier molecular flexibility index (Phi) is 2.26. The highest BCUT2D eigenvalue weighted by molar-refractivity contribution is 5.52. The number of rotatable bonds is 3. The van der Waals surface area contributed by atoms with Crippen molar-refractivity contribution in [2.75, 3.05) is 11.9 Å². The molecule has 0 bridgehead atoms. The van der Waals surface area contributed by atoms with Crippen LogP contribution in [0.3, 0.4) is 0 Å². The number of aryl methyl sites for hydroxylation is 2. The van der Waals surface area contributed by atoms with Crippen molar-refractivity contribution in [3.05, 3.63) is 29.3 Å². The second kappa shape index (κ2) is 3.30. The van der Waals surface area contributed by atoms with Crippen LogP contribution in [-0.2, 0) is 0 Å². The summed E-state index contributed by atoms with van der Waals surface area (Å²) in [4.78, 5) is 0. The van der Waals surface area contributed by atoms with Gasteiger partial charge in [0.05, 0.1) is 0 Å². The average molecular weight is 189 g/mol. The summed E-state index contributed by atoms with van der Waals surface area (Å²) in [6.07, 6.45) is 2.76. The van der Waals surface area contributed by atoms with Crippen LogP contribution in [0.1, 0.15) is 30.9 Å². The minimum absolute atomic E-state index is 0.580.